The molecule has 1 aliphatic rings. The average Bonchev–Trinajstić information content (AvgIpc) is 2.56. The second-order valence-electron chi connectivity index (χ2n) is 5.72. The van der Waals surface area contributed by atoms with Crippen LogP contribution in [-0.4, -0.2) is 29.1 Å². The minimum absolute atomic E-state index is 0.317. The van der Waals surface area contributed by atoms with Crippen molar-refractivity contribution in [1.82, 2.24) is 4.90 Å². The summed E-state index contributed by atoms with van der Waals surface area (Å²) in [6.07, 6.45) is 0.495. The van der Waals surface area contributed by atoms with Crippen molar-refractivity contribution in [3.63, 3.8) is 0 Å². The molecule has 2 aromatic rings. The zero-order valence-corrected chi connectivity index (χ0v) is 12.7. The Kier molecular flexibility index (Phi) is 4.53. The number of aliphatic carboxylic acids is 1. The molecule has 0 atom stereocenters. The van der Waals surface area contributed by atoms with Gasteiger partial charge in [-0.1, -0.05) is 42.5 Å². The van der Waals surface area contributed by atoms with E-state index in [-0.39, 0.29) is 5.82 Å². The summed E-state index contributed by atoms with van der Waals surface area (Å²) < 4.78 is 13.1. The Balaban J connectivity index is 1.86. The molecule has 118 valence electrons. The lowest BCUT2D eigenvalue weighted by Crippen LogP contribution is -2.32. The first-order chi connectivity index (χ1) is 11.1. The minimum Gasteiger partial charge on any atom is -0.478 e. The molecule has 2 aromatic carbocycles. The van der Waals surface area contributed by atoms with E-state index in [0.29, 0.717) is 25.1 Å². The summed E-state index contributed by atoms with van der Waals surface area (Å²) in [6.45, 7) is 2.04. The van der Waals surface area contributed by atoms with Crippen LogP contribution in [0.15, 0.2) is 60.2 Å². The SMILES string of the molecule is O=C(O)C1=C(c2ccc(F)cc2)CN(Cc2ccccc2)CC1. The lowest BCUT2D eigenvalue weighted by atomic mass is 9.93. The topological polar surface area (TPSA) is 40.5 Å². The van der Waals surface area contributed by atoms with Crippen molar-refractivity contribution in [1.29, 1.82) is 0 Å². The highest BCUT2D eigenvalue weighted by molar-refractivity contribution is 5.97. The van der Waals surface area contributed by atoms with Crippen molar-refractivity contribution in [3.8, 4) is 0 Å². The Morgan fingerprint density at radius 1 is 1.09 bits per heavy atom. The lowest BCUT2D eigenvalue weighted by molar-refractivity contribution is -0.132. The Hall–Kier alpha value is -2.46. The molecule has 0 saturated carbocycles. The standard InChI is InChI=1S/C19H18FNO2/c20-16-8-6-15(7-9-16)18-13-21(11-10-17(18)19(22)23)12-14-4-2-1-3-5-14/h1-9H,10-13H2,(H,22,23). The van der Waals surface area contributed by atoms with Crippen molar-refractivity contribution >= 4 is 11.5 Å². The Labute approximate surface area is 134 Å². The number of halogens is 1. The average molecular weight is 311 g/mol. The molecule has 0 bridgehead atoms. The van der Waals surface area contributed by atoms with E-state index < -0.39 is 5.97 Å². The number of carboxylic acids is 1. The molecule has 0 saturated heterocycles. The monoisotopic (exact) mass is 311 g/mol. The number of nitrogens with zero attached hydrogens (tertiary/aromatic N) is 1. The smallest absolute Gasteiger partial charge is 0.331 e. The summed E-state index contributed by atoms with van der Waals surface area (Å²) in [4.78, 5) is 13.7. The maximum atomic E-state index is 13.1. The second kappa shape index (κ2) is 6.75. The van der Waals surface area contributed by atoms with E-state index >= 15 is 0 Å². The van der Waals surface area contributed by atoms with Gasteiger partial charge in [-0.05, 0) is 35.3 Å². The number of rotatable bonds is 4. The largest absolute Gasteiger partial charge is 0.478 e. The maximum absolute atomic E-state index is 13.1. The highest BCUT2D eigenvalue weighted by Crippen LogP contribution is 2.28. The van der Waals surface area contributed by atoms with E-state index in [4.69, 9.17) is 0 Å². The van der Waals surface area contributed by atoms with Gasteiger partial charge in [-0.2, -0.15) is 0 Å². The molecule has 1 N–H and O–H groups in total. The van der Waals surface area contributed by atoms with Crippen LogP contribution in [0.5, 0.6) is 0 Å². The van der Waals surface area contributed by atoms with Crippen LogP contribution in [0.4, 0.5) is 4.39 Å². The van der Waals surface area contributed by atoms with E-state index in [1.54, 1.807) is 12.1 Å². The van der Waals surface area contributed by atoms with E-state index in [1.807, 2.05) is 18.2 Å². The minimum atomic E-state index is -0.885. The molecule has 0 radical (unpaired) electrons. The summed E-state index contributed by atoms with van der Waals surface area (Å²) in [5.41, 5.74) is 3.19. The number of benzene rings is 2. The quantitative estimate of drug-likeness (QED) is 0.938. The van der Waals surface area contributed by atoms with Crippen LogP contribution in [0, 0.1) is 5.82 Å². The van der Waals surface area contributed by atoms with E-state index in [2.05, 4.69) is 17.0 Å². The zero-order valence-electron chi connectivity index (χ0n) is 12.7. The van der Waals surface area contributed by atoms with Gasteiger partial charge >= 0.3 is 5.97 Å². The van der Waals surface area contributed by atoms with Crippen LogP contribution < -0.4 is 0 Å². The van der Waals surface area contributed by atoms with Crippen molar-refractivity contribution in [3.05, 3.63) is 77.1 Å². The highest BCUT2D eigenvalue weighted by Gasteiger charge is 2.24. The number of hydrogen-bond acceptors (Lipinski definition) is 2. The van der Waals surface area contributed by atoms with Crippen molar-refractivity contribution in [2.45, 2.75) is 13.0 Å². The Morgan fingerprint density at radius 2 is 1.78 bits per heavy atom. The second-order valence-corrected chi connectivity index (χ2v) is 5.72. The number of carbonyl (C=O) groups is 1. The fraction of sp³-hybridized carbons (Fsp3) is 0.211. The molecule has 3 rings (SSSR count). The predicted molar refractivity (Wildman–Crippen MR) is 87.3 cm³/mol. The number of carboxylic acid groups (broad SMARTS) is 1. The summed E-state index contributed by atoms with van der Waals surface area (Å²) in [5.74, 6) is -1.20. The number of hydrogen-bond donors (Lipinski definition) is 1. The Bertz CT molecular complexity index is 723. The summed E-state index contributed by atoms with van der Waals surface area (Å²) in [6, 6.07) is 16.2. The van der Waals surface area contributed by atoms with E-state index in [1.165, 1.54) is 17.7 Å². The van der Waals surface area contributed by atoms with Crippen LogP contribution in [0.25, 0.3) is 5.57 Å². The van der Waals surface area contributed by atoms with E-state index in [0.717, 1.165) is 17.7 Å². The fourth-order valence-electron chi connectivity index (χ4n) is 2.95. The van der Waals surface area contributed by atoms with Gasteiger partial charge in [0.25, 0.3) is 0 Å². The fourth-order valence-corrected chi connectivity index (χ4v) is 2.95. The normalized spacial score (nSPS) is 15.7. The van der Waals surface area contributed by atoms with Gasteiger partial charge in [0.15, 0.2) is 0 Å². The van der Waals surface area contributed by atoms with Crippen LogP contribution in [0.2, 0.25) is 0 Å². The third-order valence-electron chi connectivity index (χ3n) is 4.12. The highest BCUT2D eigenvalue weighted by atomic mass is 19.1. The lowest BCUT2D eigenvalue weighted by Gasteiger charge is -2.30. The summed E-state index contributed by atoms with van der Waals surface area (Å²) in [7, 11) is 0. The third kappa shape index (κ3) is 3.66. The van der Waals surface area contributed by atoms with Gasteiger partial charge in [0.05, 0.1) is 0 Å². The van der Waals surface area contributed by atoms with Gasteiger partial charge in [-0.25, -0.2) is 9.18 Å². The van der Waals surface area contributed by atoms with E-state index in [9.17, 15) is 14.3 Å². The third-order valence-corrected chi connectivity index (χ3v) is 4.12. The molecule has 0 aromatic heterocycles. The molecule has 23 heavy (non-hydrogen) atoms. The van der Waals surface area contributed by atoms with Gasteiger partial charge in [-0.3, -0.25) is 4.90 Å². The predicted octanol–water partition coefficient (Wildman–Crippen LogP) is 3.57. The van der Waals surface area contributed by atoms with Crippen molar-refractivity contribution < 1.29 is 14.3 Å². The zero-order chi connectivity index (χ0) is 16.2. The Morgan fingerprint density at radius 3 is 2.43 bits per heavy atom. The van der Waals surface area contributed by atoms with Gasteiger partial charge in [0.2, 0.25) is 0 Å². The van der Waals surface area contributed by atoms with Crippen molar-refractivity contribution in [2.24, 2.45) is 0 Å². The first-order valence-corrected chi connectivity index (χ1v) is 7.61. The molecule has 0 spiro atoms. The van der Waals surface area contributed by atoms with Crippen LogP contribution >= 0.6 is 0 Å². The molecule has 0 unspecified atom stereocenters. The van der Waals surface area contributed by atoms with Gasteiger partial charge < -0.3 is 5.11 Å². The maximum Gasteiger partial charge on any atom is 0.331 e. The van der Waals surface area contributed by atoms with Crippen LogP contribution in [0.3, 0.4) is 0 Å². The molecular formula is C19H18FNO2. The van der Waals surface area contributed by atoms with Gasteiger partial charge in [0, 0.05) is 25.2 Å². The van der Waals surface area contributed by atoms with Gasteiger partial charge in [0.1, 0.15) is 5.82 Å². The van der Waals surface area contributed by atoms with Crippen molar-refractivity contribution in [2.75, 3.05) is 13.1 Å². The first-order valence-electron chi connectivity index (χ1n) is 7.61. The molecule has 0 amide bonds. The molecular weight excluding hydrogens is 293 g/mol. The molecule has 0 aliphatic carbocycles. The molecule has 4 heteroatoms. The summed E-state index contributed by atoms with van der Waals surface area (Å²) >= 11 is 0. The van der Waals surface area contributed by atoms with Crippen LogP contribution in [-0.2, 0) is 11.3 Å². The van der Waals surface area contributed by atoms with Gasteiger partial charge in [-0.15, -0.1) is 0 Å². The molecule has 1 heterocycles. The molecule has 1 aliphatic heterocycles. The first kappa shape index (κ1) is 15.4. The summed E-state index contributed by atoms with van der Waals surface area (Å²) in [5, 5.41) is 9.45. The molecule has 3 nitrogen and oxygen atoms in total. The van der Waals surface area contributed by atoms with Crippen LogP contribution in [0.1, 0.15) is 17.5 Å². The molecule has 0 fully saturated rings.